The number of nitrogens with zero attached hydrogens (tertiary/aromatic N) is 3. The van der Waals surface area contributed by atoms with Crippen LogP contribution in [0.3, 0.4) is 0 Å². The molecule has 106 valence electrons. The summed E-state index contributed by atoms with van der Waals surface area (Å²) in [5.41, 5.74) is 6.91. The van der Waals surface area contributed by atoms with Crippen LogP contribution in [0.2, 0.25) is 0 Å². The normalized spacial score (nSPS) is 16.3. The number of allylic oxidation sites excluding steroid dienone is 2. The van der Waals surface area contributed by atoms with E-state index in [4.69, 9.17) is 10.6 Å². The molecule has 0 unspecified atom stereocenters. The van der Waals surface area contributed by atoms with Gasteiger partial charge in [-0.05, 0) is 34.4 Å². The van der Waals surface area contributed by atoms with Crippen molar-refractivity contribution >= 4 is 18.8 Å². The zero-order valence-electron chi connectivity index (χ0n) is 11.9. The lowest BCUT2D eigenvalue weighted by Crippen LogP contribution is -2.09. The Kier molecular flexibility index (Phi) is 8.08. The largest absolute Gasteiger partial charge is 0.398 e. The Bertz CT molecular complexity index is 422. The Morgan fingerprint density at radius 3 is 2.58 bits per heavy atom. The molecule has 0 aromatic rings. The number of aliphatic imine (C=N–C) groups is 2. The molecule has 0 rings (SSSR count). The van der Waals surface area contributed by atoms with Gasteiger partial charge in [0.15, 0.2) is 5.84 Å². The summed E-state index contributed by atoms with van der Waals surface area (Å²) in [4.78, 5) is 12.7. The summed E-state index contributed by atoms with van der Waals surface area (Å²) in [7, 11) is 0. The van der Waals surface area contributed by atoms with E-state index >= 15 is 0 Å². The predicted octanol–water partition coefficient (Wildman–Crippen LogP) is 2.60. The van der Waals surface area contributed by atoms with E-state index in [1.807, 2.05) is 0 Å². The van der Waals surface area contributed by atoms with Gasteiger partial charge in [0.25, 0.3) is 0 Å². The van der Waals surface area contributed by atoms with E-state index in [9.17, 15) is 4.39 Å². The van der Waals surface area contributed by atoms with Gasteiger partial charge >= 0.3 is 0 Å². The molecule has 0 spiro atoms. The quantitative estimate of drug-likeness (QED) is 0.264. The van der Waals surface area contributed by atoms with E-state index in [0.717, 1.165) is 0 Å². The molecule has 0 bridgehead atoms. The van der Waals surface area contributed by atoms with Crippen LogP contribution in [-0.2, 0) is 4.84 Å². The number of hydrogen-bond acceptors (Lipinski definition) is 4. The van der Waals surface area contributed by atoms with Crippen molar-refractivity contribution in [2.75, 3.05) is 6.54 Å². The lowest BCUT2D eigenvalue weighted by molar-refractivity contribution is 0.231. The number of rotatable bonds is 6. The first-order chi connectivity index (χ1) is 8.92. The number of nitrogens with two attached hydrogens (primary N) is 1. The maximum absolute atomic E-state index is 12.7. The fraction of sp³-hybridized carbons (Fsp3) is 0.462. The molecule has 2 N–H and O–H groups in total. The van der Waals surface area contributed by atoms with Crippen molar-refractivity contribution in [3.05, 3.63) is 23.1 Å². The molecule has 0 heterocycles. The summed E-state index contributed by atoms with van der Waals surface area (Å²) < 4.78 is 12.7. The summed E-state index contributed by atoms with van der Waals surface area (Å²) in [5, 5.41) is 3.62. The van der Waals surface area contributed by atoms with E-state index in [2.05, 4.69) is 21.9 Å². The highest BCUT2D eigenvalue weighted by molar-refractivity contribution is 6.01. The van der Waals surface area contributed by atoms with Crippen molar-refractivity contribution in [3.8, 4) is 0 Å². The van der Waals surface area contributed by atoms with Gasteiger partial charge in [-0.2, -0.15) is 0 Å². The van der Waals surface area contributed by atoms with E-state index in [1.165, 1.54) is 13.1 Å². The van der Waals surface area contributed by atoms with Crippen LogP contribution in [0.25, 0.3) is 0 Å². The van der Waals surface area contributed by atoms with Gasteiger partial charge < -0.3 is 10.6 Å². The lowest BCUT2D eigenvalue weighted by atomic mass is 10.2. The first-order valence-corrected chi connectivity index (χ1v) is 5.87. The Morgan fingerprint density at radius 2 is 2.11 bits per heavy atom. The summed E-state index contributed by atoms with van der Waals surface area (Å²) >= 11 is 0. The Labute approximate surface area is 113 Å². The molecule has 0 aromatic carbocycles. The molecule has 6 heteroatoms. The molecule has 0 fully saturated rings. The zero-order valence-corrected chi connectivity index (χ0v) is 11.9. The van der Waals surface area contributed by atoms with Crippen LogP contribution in [0.4, 0.5) is 4.39 Å². The van der Waals surface area contributed by atoms with Crippen LogP contribution in [0, 0.1) is 0 Å². The maximum atomic E-state index is 12.7. The highest BCUT2D eigenvalue weighted by Gasteiger charge is 2.05. The molecule has 0 saturated heterocycles. The Hall–Kier alpha value is -1.98. The molecule has 0 aliphatic heterocycles. The number of hydrogen-bond donors (Lipinski definition) is 1. The molecule has 0 aliphatic carbocycles. The average molecular weight is 268 g/mol. The minimum absolute atomic E-state index is 0.0261. The molecule has 1 atom stereocenters. The number of amidine groups is 1. The second-order valence-electron chi connectivity index (χ2n) is 3.89. The van der Waals surface area contributed by atoms with Crippen LogP contribution in [0.5, 0.6) is 0 Å². The summed E-state index contributed by atoms with van der Waals surface area (Å²) in [5.74, 6) is 0.849. The molecule has 0 radical (unpaired) electrons. The van der Waals surface area contributed by atoms with Crippen molar-refractivity contribution in [2.24, 2.45) is 20.9 Å². The van der Waals surface area contributed by atoms with E-state index in [1.54, 1.807) is 26.8 Å². The first kappa shape index (κ1) is 17.0. The topological polar surface area (TPSA) is 72.3 Å². The maximum Gasteiger partial charge on any atom is 0.151 e. The zero-order chi connectivity index (χ0) is 14.8. The molecule has 0 saturated carbocycles. The average Bonchev–Trinajstić information content (AvgIpc) is 2.36. The summed E-state index contributed by atoms with van der Waals surface area (Å²) in [6.07, 6.45) is 2.08. The van der Waals surface area contributed by atoms with Gasteiger partial charge in [0.1, 0.15) is 11.9 Å². The minimum atomic E-state index is -1.04. The van der Waals surface area contributed by atoms with Crippen LogP contribution in [0.15, 0.2) is 38.2 Å². The third-order valence-corrected chi connectivity index (χ3v) is 2.07. The van der Waals surface area contributed by atoms with Crippen LogP contribution < -0.4 is 5.73 Å². The van der Waals surface area contributed by atoms with Crippen molar-refractivity contribution in [3.63, 3.8) is 0 Å². The van der Waals surface area contributed by atoms with Crippen molar-refractivity contribution < 1.29 is 9.23 Å². The standard InChI is InChI=1S/C13H21FN4O/c1-6-18-19-10(3)7-12(15)11(4)13(16-5)17-8-9(2)14/h6-7,9H,5,8,15H2,1-4H3/b10-7+,12-11?,17-13?,18-6+/t9-/m1/s1. The summed E-state index contributed by atoms with van der Waals surface area (Å²) in [6, 6.07) is 0. The first-order valence-electron chi connectivity index (χ1n) is 5.87. The second kappa shape index (κ2) is 9.02. The third kappa shape index (κ3) is 7.13. The Balaban J connectivity index is 5.08. The van der Waals surface area contributed by atoms with E-state index in [-0.39, 0.29) is 6.54 Å². The molecule has 0 amide bonds. The molecular weight excluding hydrogens is 247 g/mol. The van der Waals surface area contributed by atoms with E-state index in [0.29, 0.717) is 22.9 Å². The van der Waals surface area contributed by atoms with Gasteiger partial charge in [-0.1, -0.05) is 5.16 Å². The molecule has 0 aliphatic rings. The van der Waals surface area contributed by atoms with Crippen molar-refractivity contribution in [1.29, 1.82) is 0 Å². The van der Waals surface area contributed by atoms with Gasteiger partial charge in [0.2, 0.25) is 0 Å². The van der Waals surface area contributed by atoms with Crippen molar-refractivity contribution in [1.82, 2.24) is 0 Å². The molecule has 5 nitrogen and oxygen atoms in total. The van der Waals surface area contributed by atoms with Crippen LogP contribution >= 0.6 is 0 Å². The molecule has 19 heavy (non-hydrogen) atoms. The van der Waals surface area contributed by atoms with E-state index < -0.39 is 6.17 Å². The highest BCUT2D eigenvalue weighted by Crippen LogP contribution is 2.08. The van der Waals surface area contributed by atoms with Crippen molar-refractivity contribution in [2.45, 2.75) is 33.9 Å². The highest BCUT2D eigenvalue weighted by atomic mass is 19.1. The van der Waals surface area contributed by atoms with Gasteiger partial charge in [0, 0.05) is 23.6 Å². The number of oxime groups is 1. The number of alkyl halides is 1. The van der Waals surface area contributed by atoms with Gasteiger partial charge in [-0.3, -0.25) is 4.99 Å². The van der Waals surface area contributed by atoms with Gasteiger partial charge in [-0.25, -0.2) is 9.38 Å². The lowest BCUT2D eigenvalue weighted by Gasteiger charge is -2.05. The third-order valence-electron chi connectivity index (χ3n) is 2.07. The van der Waals surface area contributed by atoms with Gasteiger partial charge in [0.05, 0.1) is 6.54 Å². The second-order valence-corrected chi connectivity index (χ2v) is 3.89. The smallest absolute Gasteiger partial charge is 0.151 e. The minimum Gasteiger partial charge on any atom is -0.398 e. The monoisotopic (exact) mass is 268 g/mol. The SMILES string of the molecule is C=NC(=NC[C@@H](C)F)C(C)=C(N)/C=C(\C)O/N=C/C. The Morgan fingerprint density at radius 1 is 1.47 bits per heavy atom. The number of halogens is 1. The van der Waals surface area contributed by atoms with Crippen LogP contribution in [0.1, 0.15) is 27.7 Å². The fourth-order valence-corrected chi connectivity index (χ4v) is 1.12. The fourth-order valence-electron chi connectivity index (χ4n) is 1.12. The molecular formula is C13H21FN4O. The van der Waals surface area contributed by atoms with Gasteiger partial charge in [-0.15, -0.1) is 0 Å². The predicted molar refractivity (Wildman–Crippen MR) is 78.3 cm³/mol. The summed E-state index contributed by atoms with van der Waals surface area (Å²) in [6.45, 7) is 10.0. The molecule has 0 aromatic heterocycles. The van der Waals surface area contributed by atoms with Crippen LogP contribution in [-0.4, -0.2) is 31.5 Å².